The number of hydrogen-bond acceptors (Lipinski definition) is 4. The van der Waals surface area contributed by atoms with E-state index in [-0.39, 0.29) is 11.9 Å². The first-order chi connectivity index (χ1) is 9.88. The third-order valence-corrected chi connectivity index (χ3v) is 4.53. The standard InChI is InChI=1S/C15H23ClN4O/c1-10-9-20(7-6-19(10)3)11(2)15(21)18-12-4-5-13(16)14(17)8-12/h4-5,8,10-11H,6-7,9,17H2,1-3H3,(H,18,21). The molecule has 1 saturated heterocycles. The maximum absolute atomic E-state index is 12.4. The van der Waals surface area contributed by atoms with E-state index < -0.39 is 0 Å². The van der Waals surface area contributed by atoms with Crippen molar-refractivity contribution in [3.05, 3.63) is 23.2 Å². The molecule has 0 aliphatic carbocycles. The molecule has 1 aliphatic rings. The zero-order chi connectivity index (χ0) is 15.6. The Labute approximate surface area is 131 Å². The van der Waals surface area contributed by atoms with Crippen LogP contribution in [0, 0.1) is 0 Å². The normalized spacial score (nSPS) is 22.0. The van der Waals surface area contributed by atoms with Crippen LogP contribution >= 0.6 is 11.6 Å². The van der Waals surface area contributed by atoms with E-state index in [0.717, 1.165) is 19.6 Å². The van der Waals surface area contributed by atoms with Gasteiger partial charge in [-0.3, -0.25) is 9.69 Å². The number of carbonyl (C=O) groups excluding carboxylic acids is 1. The molecular weight excluding hydrogens is 288 g/mol. The summed E-state index contributed by atoms with van der Waals surface area (Å²) in [6, 6.07) is 5.42. The maximum atomic E-state index is 12.4. The van der Waals surface area contributed by atoms with Gasteiger partial charge in [0.1, 0.15) is 0 Å². The summed E-state index contributed by atoms with van der Waals surface area (Å²) < 4.78 is 0. The van der Waals surface area contributed by atoms with Crippen LogP contribution in [0.25, 0.3) is 0 Å². The average molecular weight is 311 g/mol. The van der Waals surface area contributed by atoms with Gasteiger partial charge >= 0.3 is 0 Å². The summed E-state index contributed by atoms with van der Waals surface area (Å²) in [6.07, 6.45) is 0. The van der Waals surface area contributed by atoms with Crippen molar-refractivity contribution in [1.82, 2.24) is 9.80 Å². The number of halogens is 1. The summed E-state index contributed by atoms with van der Waals surface area (Å²) in [5, 5.41) is 3.39. The number of likely N-dealkylation sites (N-methyl/N-ethyl adjacent to an activating group) is 1. The second kappa shape index (κ2) is 6.64. The quantitative estimate of drug-likeness (QED) is 0.837. The lowest BCUT2D eigenvalue weighted by Crippen LogP contribution is -2.55. The molecule has 0 saturated carbocycles. The smallest absolute Gasteiger partial charge is 0.241 e. The zero-order valence-electron chi connectivity index (χ0n) is 12.8. The lowest BCUT2D eigenvalue weighted by atomic mass is 10.1. The van der Waals surface area contributed by atoms with Gasteiger partial charge in [0.2, 0.25) is 5.91 Å². The first-order valence-electron chi connectivity index (χ1n) is 7.18. The number of nitrogens with two attached hydrogens (primary N) is 1. The van der Waals surface area contributed by atoms with E-state index in [9.17, 15) is 4.79 Å². The van der Waals surface area contributed by atoms with Gasteiger partial charge in [0.05, 0.1) is 16.8 Å². The highest BCUT2D eigenvalue weighted by Gasteiger charge is 2.27. The van der Waals surface area contributed by atoms with Gasteiger partial charge < -0.3 is 16.0 Å². The van der Waals surface area contributed by atoms with Crippen LogP contribution in [0.5, 0.6) is 0 Å². The minimum absolute atomic E-state index is 0.0199. The molecule has 0 spiro atoms. The Morgan fingerprint density at radius 3 is 2.81 bits per heavy atom. The van der Waals surface area contributed by atoms with E-state index in [1.165, 1.54) is 0 Å². The fourth-order valence-corrected chi connectivity index (χ4v) is 2.58. The van der Waals surface area contributed by atoms with Gasteiger partial charge in [-0.05, 0) is 39.1 Å². The molecule has 0 aromatic heterocycles. The van der Waals surface area contributed by atoms with Crippen molar-refractivity contribution in [3.8, 4) is 0 Å². The minimum Gasteiger partial charge on any atom is -0.397 e. The number of amides is 1. The summed E-state index contributed by atoms with van der Waals surface area (Å²) in [5.74, 6) is -0.0199. The van der Waals surface area contributed by atoms with E-state index in [4.69, 9.17) is 17.3 Å². The van der Waals surface area contributed by atoms with Crippen molar-refractivity contribution in [2.75, 3.05) is 37.7 Å². The summed E-state index contributed by atoms with van der Waals surface area (Å²) >= 11 is 5.88. The van der Waals surface area contributed by atoms with Gasteiger partial charge in [-0.2, -0.15) is 0 Å². The summed E-state index contributed by atoms with van der Waals surface area (Å²) in [7, 11) is 2.11. The molecule has 6 heteroatoms. The Hall–Kier alpha value is -1.30. The van der Waals surface area contributed by atoms with Crippen LogP contribution in [0.1, 0.15) is 13.8 Å². The lowest BCUT2D eigenvalue weighted by Gasteiger charge is -2.40. The Kier molecular flexibility index (Phi) is 5.08. The Morgan fingerprint density at radius 1 is 1.48 bits per heavy atom. The van der Waals surface area contributed by atoms with E-state index >= 15 is 0 Å². The van der Waals surface area contributed by atoms with Crippen molar-refractivity contribution >= 4 is 28.9 Å². The largest absolute Gasteiger partial charge is 0.397 e. The molecule has 0 radical (unpaired) electrons. The van der Waals surface area contributed by atoms with Crippen LogP contribution in [0.4, 0.5) is 11.4 Å². The van der Waals surface area contributed by atoms with Crippen LogP contribution in [0.3, 0.4) is 0 Å². The van der Waals surface area contributed by atoms with Crippen molar-refractivity contribution in [3.63, 3.8) is 0 Å². The van der Waals surface area contributed by atoms with Crippen molar-refractivity contribution in [2.45, 2.75) is 25.9 Å². The minimum atomic E-state index is -0.168. The molecule has 2 unspecified atom stereocenters. The number of benzene rings is 1. The van der Waals surface area contributed by atoms with Crippen LogP contribution in [0.2, 0.25) is 5.02 Å². The number of nitrogens with zero attached hydrogens (tertiary/aromatic N) is 2. The predicted molar refractivity (Wildman–Crippen MR) is 87.6 cm³/mol. The molecule has 1 fully saturated rings. The maximum Gasteiger partial charge on any atom is 0.241 e. The highest BCUT2D eigenvalue weighted by molar-refractivity contribution is 6.33. The SMILES string of the molecule is CC1CN(C(C)C(=O)Nc2ccc(Cl)c(N)c2)CCN1C. The molecule has 2 atom stereocenters. The fourth-order valence-electron chi connectivity index (χ4n) is 2.46. The third kappa shape index (κ3) is 3.87. The molecule has 116 valence electrons. The van der Waals surface area contributed by atoms with Crippen molar-refractivity contribution in [2.24, 2.45) is 0 Å². The fraction of sp³-hybridized carbons (Fsp3) is 0.533. The summed E-state index contributed by atoms with van der Waals surface area (Å²) in [4.78, 5) is 16.9. The monoisotopic (exact) mass is 310 g/mol. The van der Waals surface area contributed by atoms with Crippen LogP contribution < -0.4 is 11.1 Å². The molecule has 3 N–H and O–H groups in total. The molecule has 1 heterocycles. The van der Waals surface area contributed by atoms with Gasteiger partial charge in [0.25, 0.3) is 0 Å². The van der Waals surface area contributed by atoms with Crippen LogP contribution in [-0.2, 0) is 4.79 Å². The van der Waals surface area contributed by atoms with Crippen molar-refractivity contribution < 1.29 is 4.79 Å². The van der Waals surface area contributed by atoms with E-state index in [1.807, 2.05) is 6.92 Å². The number of carbonyl (C=O) groups is 1. The van der Waals surface area contributed by atoms with Crippen LogP contribution in [0.15, 0.2) is 18.2 Å². The number of anilines is 2. The predicted octanol–water partition coefficient (Wildman–Crippen LogP) is 1.89. The number of hydrogen-bond donors (Lipinski definition) is 2. The zero-order valence-corrected chi connectivity index (χ0v) is 13.5. The molecule has 2 rings (SSSR count). The Balaban J connectivity index is 1.97. The average Bonchev–Trinajstić information content (AvgIpc) is 2.45. The second-order valence-electron chi connectivity index (χ2n) is 5.73. The number of piperazine rings is 1. The van der Waals surface area contributed by atoms with Gasteiger partial charge in [0.15, 0.2) is 0 Å². The second-order valence-corrected chi connectivity index (χ2v) is 6.13. The van der Waals surface area contributed by atoms with Crippen LogP contribution in [-0.4, -0.2) is 54.5 Å². The van der Waals surface area contributed by atoms with Crippen molar-refractivity contribution in [1.29, 1.82) is 0 Å². The molecule has 0 bridgehead atoms. The lowest BCUT2D eigenvalue weighted by molar-refractivity contribution is -0.121. The Bertz CT molecular complexity index is 522. The van der Waals surface area contributed by atoms with Gasteiger partial charge in [0, 0.05) is 31.4 Å². The van der Waals surface area contributed by atoms with E-state index in [0.29, 0.717) is 22.4 Å². The van der Waals surface area contributed by atoms with Gasteiger partial charge in [-0.25, -0.2) is 0 Å². The number of nitrogen functional groups attached to an aromatic ring is 1. The molecule has 1 aliphatic heterocycles. The molecule has 1 aromatic rings. The van der Waals surface area contributed by atoms with E-state index in [1.54, 1.807) is 18.2 Å². The Morgan fingerprint density at radius 2 is 2.19 bits per heavy atom. The summed E-state index contributed by atoms with van der Waals surface area (Å²) in [6.45, 7) is 6.89. The summed E-state index contributed by atoms with van der Waals surface area (Å²) in [5.41, 5.74) is 6.89. The van der Waals surface area contributed by atoms with E-state index in [2.05, 4.69) is 29.1 Å². The molecule has 21 heavy (non-hydrogen) atoms. The molecule has 1 amide bonds. The highest BCUT2D eigenvalue weighted by atomic mass is 35.5. The first kappa shape index (κ1) is 16.1. The topological polar surface area (TPSA) is 61.6 Å². The third-order valence-electron chi connectivity index (χ3n) is 4.18. The first-order valence-corrected chi connectivity index (χ1v) is 7.56. The number of nitrogens with one attached hydrogen (secondary N) is 1. The molecular formula is C15H23ClN4O. The number of rotatable bonds is 3. The molecule has 1 aromatic carbocycles. The van der Waals surface area contributed by atoms with Gasteiger partial charge in [-0.15, -0.1) is 0 Å². The van der Waals surface area contributed by atoms with Gasteiger partial charge in [-0.1, -0.05) is 11.6 Å². The molecule has 5 nitrogen and oxygen atoms in total. The highest BCUT2D eigenvalue weighted by Crippen LogP contribution is 2.22.